The van der Waals surface area contributed by atoms with E-state index in [0.29, 0.717) is 5.69 Å². The lowest BCUT2D eigenvalue weighted by Crippen LogP contribution is -2.27. The number of anilines is 1. The van der Waals surface area contributed by atoms with E-state index >= 15 is 0 Å². The van der Waals surface area contributed by atoms with E-state index in [4.69, 9.17) is 10.5 Å². The normalized spacial score (nSPS) is 11.8. The van der Waals surface area contributed by atoms with Gasteiger partial charge in [0.2, 0.25) is 10.0 Å². The summed E-state index contributed by atoms with van der Waals surface area (Å²) in [5.74, 6) is 0.275. The van der Waals surface area contributed by atoms with E-state index in [1.807, 2.05) is 6.92 Å². The quantitative estimate of drug-likeness (QED) is 0.847. The van der Waals surface area contributed by atoms with Crippen LogP contribution in [0.1, 0.15) is 10.6 Å². The van der Waals surface area contributed by atoms with E-state index in [0.717, 1.165) is 10.6 Å². The molecule has 2 N–H and O–H groups in total. The van der Waals surface area contributed by atoms with Crippen LogP contribution in [0.5, 0.6) is 5.75 Å². The smallest absolute Gasteiger partial charge is 0.246 e. The van der Waals surface area contributed by atoms with E-state index in [1.54, 1.807) is 17.6 Å². The molecule has 0 unspecified atom stereocenters. The number of benzene rings is 1. The number of sulfonamides is 1. The Balaban J connectivity index is 2.37. The SMILES string of the molecule is COc1ccc(N)cc1S(=O)(=O)N(C)Cc1scnc1C. The zero-order valence-corrected chi connectivity index (χ0v) is 13.7. The van der Waals surface area contributed by atoms with Crippen LogP contribution in [-0.4, -0.2) is 31.9 Å². The van der Waals surface area contributed by atoms with Crippen LogP contribution in [0.2, 0.25) is 0 Å². The van der Waals surface area contributed by atoms with Gasteiger partial charge in [-0.25, -0.2) is 13.4 Å². The molecule has 0 saturated heterocycles. The lowest BCUT2D eigenvalue weighted by atomic mass is 10.3. The number of hydrogen-bond acceptors (Lipinski definition) is 6. The average Bonchev–Trinajstić information content (AvgIpc) is 2.84. The van der Waals surface area contributed by atoms with E-state index in [1.165, 1.54) is 35.9 Å². The first-order valence-corrected chi connectivity index (χ1v) is 8.47. The van der Waals surface area contributed by atoms with E-state index < -0.39 is 10.0 Å². The number of thiazole rings is 1. The highest BCUT2D eigenvalue weighted by Gasteiger charge is 2.26. The van der Waals surface area contributed by atoms with Crippen molar-refractivity contribution >= 4 is 27.0 Å². The molecule has 0 aliphatic carbocycles. The monoisotopic (exact) mass is 327 g/mol. The molecule has 0 fully saturated rings. The Kier molecular flexibility index (Phi) is 4.50. The molecule has 0 amide bonds. The summed E-state index contributed by atoms with van der Waals surface area (Å²) in [4.78, 5) is 5.10. The third-order valence-corrected chi connectivity index (χ3v) is 5.83. The minimum atomic E-state index is -3.69. The van der Waals surface area contributed by atoms with Gasteiger partial charge in [-0.15, -0.1) is 11.3 Å². The topological polar surface area (TPSA) is 85.5 Å². The number of aryl methyl sites for hydroxylation is 1. The fourth-order valence-electron chi connectivity index (χ4n) is 1.83. The fraction of sp³-hybridized carbons (Fsp3) is 0.308. The number of nitrogens with zero attached hydrogens (tertiary/aromatic N) is 2. The van der Waals surface area contributed by atoms with Crippen LogP contribution in [0.15, 0.2) is 28.6 Å². The van der Waals surface area contributed by atoms with Crippen molar-refractivity contribution < 1.29 is 13.2 Å². The van der Waals surface area contributed by atoms with Crippen LogP contribution in [-0.2, 0) is 16.6 Å². The summed E-state index contributed by atoms with van der Waals surface area (Å²) in [6.07, 6.45) is 0. The standard InChI is InChI=1S/C13H17N3O3S2/c1-9-12(20-8-15-9)7-16(2)21(17,18)13-6-10(14)4-5-11(13)19-3/h4-6,8H,7,14H2,1-3H3. The molecule has 6 nitrogen and oxygen atoms in total. The molecular weight excluding hydrogens is 310 g/mol. The van der Waals surface area contributed by atoms with Crippen molar-refractivity contribution in [3.63, 3.8) is 0 Å². The van der Waals surface area contributed by atoms with Gasteiger partial charge in [-0.05, 0) is 25.1 Å². The molecule has 114 valence electrons. The molecule has 8 heteroatoms. The predicted molar refractivity (Wildman–Crippen MR) is 82.9 cm³/mol. The molecule has 0 bridgehead atoms. The first-order chi connectivity index (χ1) is 9.86. The Bertz CT molecular complexity index is 741. The number of nitrogen functional groups attached to an aromatic ring is 1. The number of methoxy groups -OCH3 is 1. The van der Waals surface area contributed by atoms with Gasteiger partial charge in [-0.2, -0.15) is 4.31 Å². The molecule has 0 aliphatic heterocycles. The molecule has 1 heterocycles. The van der Waals surface area contributed by atoms with Crippen LogP contribution in [0.25, 0.3) is 0 Å². The minimum Gasteiger partial charge on any atom is -0.495 e. The molecule has 0 radical (unpaired) electrons. The Morgan fingerprint density at radius 3 is 2.71 bits per heavy atom. The van der Waals surface area contributed by atoms with Crippen LogP contribution < -0.4 is 10.5 Å². The van der Waals surface area contributed by atoms with Crippen molar-refractivity contribution in [1.82, 2.24) is 9.29 Å². The Hall–Kier alpha value is -1.64. The Morgan fingerprint density at radius 1 is 1.43 bits per heavy atom. The summed E-state index contributed by atoms with van der Waals surface area (Å²) in [6, 6.07) is 4.56. The van der Waals surface area contributed by atoms with E-state index in [2.05, 4.69) is 4.98 Å². The minimum absolute atomic E-state index is 0.0645. The van der Waals surface area contributed by atoms with Gasteiger partial charge in [0.15, 0.2) is 0 Å². The van der Waals surface area contributed by atoms with Crippen molar-refractivity contribution in [2.75, 3.05) is 19.9 Å². The molecule has 0 spiro atoms. The van der Waals surface area contributed by atoms with Gasteiger partial charge in [0, 0.05) is 24.2 Å². The maximum atomic E-state index is 12.7. The number of rotatable bonds is 5. The second kappa shape index (κ2) is 6.00. The third kappa shape index (κ3) is 3.17. The summed E-state index contributed by atoms with van der Waals surface area (Å²) < 4.78 is 31.7. The molecule has 21 heavy (non-hydrogen) atoms. The predicted octanol–water partition coefficient (Wildman–Crippen LogP) is 1.86. The number of aromatic nitrogens is 1. The zero-order valence-electron chi connectivity index (χ0n) is 12.0. The number of ether oxygens (including phenoxy) is 1. The maximum absolute atomic E-state index is 12.7. The molecule has 0 saturated carbocycles. The lowest BCUT2D eigenvalue weighted by Gasteiger charge is -2.18. The maximum Gasteiger partial charge on any atom is 0.246 e. The molecule has 1 aromatic heterocycles. The summed E-state index contributed by atoms with van der Waals surface area (Å²) >= 11 is 1.43. The van der Waals surface area contributed by atoms with Crippen molar-refractivity contribution in [3.8, 4) is 5.75 Å². The van der Waals surface area contributed by atoms with Crippen LogP contribution in [0, 0.1) is 6.92 Å². The van der Waals surface area contributed by atoms with Crippen LogP contribution in [0.4, 0.5) is 5.69 Å². The van der Waals surface area contributed by atoms with Crippen molar-refractivity contribution in [2.45, 2.75) is 18.4 Å². The van der Waals surface area contributed by atoms with Crippen molar-refractivity contribution in [3.05, 3.63) is 34.3 Å². The summed E-state index contributed by atoms with van der Waals surface area (Å²) in [7, 11) is -0.736. The van der Waals surface area contributed by atoms with Gasteiger partial charge < -0.3 is 10.5 Å². The van der Waals surface area contributed by atoms with Crippen molar-refractivity contribution in [2.24, 2.45) is 0 Å². The number of hydrogen-bond donors (Lipinski definition) is 1. The summed E-state index contributed by atoms with van der Waals surface area (Å²) in [5, 5.41) is 0. The van der Waals surface area contributed by atoms with Crippen LogP contribution in [0.3, 0.4) is 0 Å². The molecule has 1 aromatic carbocycles. The summed E-state index contributed by atoms with van der Waals surface area (Å²) in [6.45, 7) is 2.12. The third-order valence-electron chi connectivity index (χ3n) is 3.09. The molecular formula is C13H17N3O3S2. The van der Waals surface area contributed by atoms with E-state index in [-0.39, 0.29) is 17.2 Å². The van der Waals surface area contributed by atoms with Crippen LogP contribution >= 0.6 is 11.3 Å². The largest absolute Gasteiger partial charge is 0.495 e. The highest BCUT2D eigenvalue weighted by Crippen LogP contribution is 2.29. The highest BCUT2D eigenvalue weighted by atomic mass is 32.2. The fourth-order valence-corrected chi connectivity index (χ4v) is 4.06. The lowest BCUT2D eigenvalue weighted by molar-refractivity contribution is 0.398. The Morgan fingerprint density at radius 2 is 2.14 bits per heavy atom. The van der Waals surface area contributed by atoms with Crippen molar-refractivity contribution in [1.29, 1.82) is 0 Å². The molecule has 0 atom stereocenters. The second-order valence-corrected chi connectivity index (χ2v) is 7.48. The molecule has 2 aromatic rings. The highest BCUT2D eigenvalue weighted by molar-refractivity contribution is 7.89. The van der Waals surface area contributed by atoms with Gasteiger partial charge in [0.1, 0.15) is 10.6 Å². The van der Waals surface area contributed by atoms with Gasteiger partial charge in [0.05, 0.1) is 18.3 Å². The molecule has 0 aliphatic rings. The Labute approximate surface area is 128 Å². The van der Waals surface area contributed by atoms with Gasteiger partial charge in [-0.3, -0.25) is 0 Å². The van der Waals surface area contributed by atoms with Gasteiger partial charge >= 0.3 is 0 Å². The first kappa shape index (κ1) is 15.7. The first-order valence-electron chi connectivity index (χ1n) is 6.15. The zero-order chi connectivity index (χ0) is 15.6. The van der Waals surface area contributed by atoms with E-state index in [9.17, 15) is 8.42 Å². The summed E-state index contributed by atoms with van der Waals surface area (Å²) in [5.41, 5.74) is 8.60. The molecule has 2 rings (SSSR count). The van der Waals surface area contributed by atoms with Gasteiger partial charge in [0.25, 0.3) is 0 Å². The second-order valence-electron chi connectivity index (χ2n) is 4.53. The average molecular weight is 327 g/mol. The number of nitrogens with two attached hydrogens (primary N) is 1. The van der Waals surface area contributed by atoms with Gasteiger partial charge in [-0.1, -0.05) is 0 Å².